The molecule has 0 aliphatic carbocycles. The standard InChI is InChI=1S/C18H21N7O/c26-11-10-20-16-23-17(21-12-14-4-2-1-3-5-14)25-18(24-16)22-13-15-6-8-19-9-7-15/h1-9,26H,10-13H2,(H3,20,21,22,23,24,25). The zero-order valence-corrected chi connectivity index (χ0v) is 14.3. The molecule has 3 aromatic rings. The lowest BCUT2D eigenvalue weighted by molar-refractivity contribution is 0.311. The van der Waals surface area contributed by atoms with Crippen molar-refractivity contribution in [3.05, 3.63) is 66.0 Å². The van der Waals surface area contributed by atoms with Gasteiger partial charge in [-0.3, -0.25) is 4.98 Å². The topological polar surface area (TPSA) is 108 Å². The van der Waals surface area contributed by atoms with Crippen molar-refractivity contribution in [1.29, 1.82) is 0 Å². The van der Waals surface area contributed by atoms with Gasteiger partial charge in [0.1, 0.15) is 0 Å². The van der Waals surface area contributed by atoms with Gasteiger partial charge in [0, 0.05) is 32.0 Å². The Kier molecular flexibility index (Phi) is 6.27. The Bertz CT molecular complexity index is 737. The smallest absolute Gasteiger partial charge is 0.229 e. The van der Waals surface area contributed by atoms with Crippen LogP contribution in [-0.4, -0.2) is 38.2 Å². The van der Waals surface area contributed by atoms with Crippen molar-refractivity contribution in [3.63, 3.8) is 0 Å². The van der Waals surface area contributed by atoms with Crippen LogP contribution in [0.25, 0.3) is 0 Å². The molecule has 0 atom stereocenters. The summed E-state index contributed by atoms with van der Waals surface area (Å²) in [4.78, 5) is 17.1. The van der Waals surface area contributed by atoms with Crippen molar-refractivity contribution >= 4 is 17.8 Å². The van der Waals surface area contributed by atoms with Gasteiger partial charge in [-0.1, -0.05) is 30.3 Å². The van der Waals surface area contributed by atoms with Crippen LogP contribution in [0.1, 0.15) is 11.1 Å². The molecule has 3 rings (SSSR count). The summed E-state index contributed by atoms with van der Waals surface area (Å²) in [5, 5.41) is 18.4. The van der Waals surface area contributed by atoms with E-state index in [1.807, 2.05) is 42.5 Å². The molecule has 4 N–H and O–H groups in total. The van der Waals surface area contributed by atoms with Gasteiger partial charge in [0.15, 0.2) is 0 Å². The summed E-state index contributed by atoms with van der Waals surface area (Å²) >= 11 is 0. The Balaban J connectivity index is 1.70. The van der Waals surface area contributed by atoms with Crippen LogP contribution in [0.15, 0.2) is 54.9 Å². The molecule has 8 heteroatoms. The number of nitrogens with zero attached hydrogens (tertiary/aromatic N) is 4. The minimum Gasteiger partial charge on any atom is -0.395 e. The zero-order chi connectivity index (χ0) is 18.0. The quantitative estimate of drug-likeness (QED) is 0.463. The molecule has 26 heavy (non-hydrogen) atoms. The first-order valence-electron chi connectivity index (χ1n) is 8.35. The number of aliphatic hydroxyl groups excluding tert-OH is 1. The third kappa shape index (κ3) is 5.38. The molecule has 0 bridgehead atoms. The Morgan fingerprint density at radius 2 is 1.23 bits per heavy atom. The summed E-state index contributed by atoms with van der Waals surface area (Å²) in [5.74, 6) is 1.32. The highest BCUT2D eigenvalue weighted by atomic mass is 16.3. The van der Waals surface area contributed by atoms with Crippen molar-refractivity contribution < 1.29 is 5.11 Å². The summed E-state index contributed by atoms with van der Waals surface area (Å²) in [7, 11) is 0. The van der Waals surface area contributed by atoms with Crippen LogP contribution in [-0.2, 0) is 13.1 Å². The Morgan fingerprint density at radius 3 is 1.81 bits per heavy atom. The fraction of sp³-hybridized carbons (Fsp3) is 0.222. The third-order valence-electron chi connectivity index (χ3n) is 3.52. The van der Waals surface area contributed by atoms with E-state index in [0.717, 1.165) is 11.1 Å². The monoisotopic (exact) mass is 351 g/mol. The molecule has 0 aliphatic rings. The van der Waals surface area contributed by atoms with Gasteiger partial charge in [-0.25, -0.2) is 0 Å². The van der Waals surface area contributed by atoms with Crippen LogP contribution in [0.4, 0.5) is 17.8 Å². The van der Waals surface area contributed by atoms with E-state index in [1.54, 1.807) is 12.4 Å². The number of aliphatic hydroxyl groups is 1. The maximum atomic E-state index is 9.00. The Labute approximate surface area is 151 Å². The molecule has 0 aliphatic heterocycles. The van der Waals surface area contributed by atoms with Gasteiger partial charge in [0.25, 0.3) is 0 Å². The van der Waals surface area contributed by atoms with Crippen molar-refractivity contribution in [2.75, 3.05) is 29.1 Å². The van der Waals surface area contributed by atoms with Crippen LogP contribution < -0.4 is 16.0 Å². The van der Waals surface area contributed by atoms with E-state index in [2.05, 4.69) is 35.9 Å². The lowest BCUT2D eigenvalue weighted by Crippen LogP contribution is -2.14. The van der Waals surface area contributed by atoms with Gasteiger partial charge in [-0.05, 0) is 23.3 Å². The summed E-state index contributed by atoms with van der Waals surface area (Å²) in [6, 6.07) is 13.9. The largest absolute Gasteiger partial charge is 0.395 e. The summed E-state index contributed by atoms with van der Waals surface area (Å²) in [6.07, 6.45) is 3.48. The highest BCUT2D eigenvalue weighted by Crippen LogP contribution is 2.12. The number of aromatic nitrogens is 4. The predicted molar refractivity (Wildman–Crippen MR) is 101 cm³/mol. The summed E-state index contributed by atoms with van der Waals surface area (Å²) in [5.41, 5.74) is 2.20. The van der Waals surface area contributed by atoms with Gasteiger partial charge in [-0.2, -0.15) is 15.0 Å². The van der Waals surface area contributed by atoms with E-state index < -0.39 is 0 Å². The van der Waals surface area contributed by atoms with E-state index in [4.69, 9.17) is 5.11 Å². The molecule has 0 amide bonds. The third-order valence-corrected chi connectivity index (χ3v) is 3.52. The van der Waals surface area contributed by atoms with Gasteiger partial charge in [0.2, 0.25) is 17.8 Å². The molecule has 0 saturated carbocycles. The van der Waals surface area contributed by atoms with Crippen LogP contribution in [0.5, 0.6) is 0 Å². The summed E-state index contributed by atoms with van der Waals surface area (Å²) < 4.78 is 0. The first-order valence-corrected chi connectivity index (χ1v) is 8.35. The van der Waals surface area contributed by atoms with Crippen LogP contribution in [0.3, 0.4) is 0 Å². The van der Waals surface area contributed by atoms with Crippen LogP contribution in [0.2, 0.25) is 0 Å². The molecule has 0 saturated heterocycles. The van der Waals surface area contributed by atoms with Gasteiger partial charge in [0.05, 0.1) is 6.61 Å². The minimum absolute atomic E-state index is 0.00175. The Hall–Kier alpha value is -3.26. The SMILES string of the molecule is OCCNc1nc(NCc2ccccc2)nc(NCc2ccncc2)n1. The first kappa shape index (κ1) is 17.6. The maximum Gasteiger partial charge on any atom is 0.229 e. The van der Waals surface area contributed by atoms with Crippen molar-refractivity contribution in [2.45, 2.75) is 13.1 Å². The summed E-state index contributed by atoms with van der Waals surface area (Å²) in [6.45, 7) is 1.54. The zero-order valence-electron chi connectivity index (χ0n) is 14.3. The lowest BCUT2D eigenvalue weighted by atomic mass is 10.2. The minimum atomic E-state index is -0.00175. The average Bonchev–Trinajstić information content (AvgIpc) is 2.71. The number of anilines is 3. The van der Waals surface area contributed by atoms with E-state index in [0.29, 0.717) is 37.5 Å². The first-order chi connectivity index (χ1) is 12.8. The number of rotatable bonds is 9. The molecular weight excluding hydrogens is 330 g/mol. The maximum absolute atomic E-state index is 9.00. The van der Waals surface area contributed by atoms with Gasteiger partial charge >= 0.3 is 0 Å². The van der Waals surface area contributed by atoms with E-state index >= 15 is 0 Å². The molecule has 0 spiro atoms. The fourth-order valence-corrected chi connectivity index (χ4v) is 2.24. The lowest BCUT2D eigenvalue weighted by Gasteiger charge is -2.11. The number of pyridine rings is 1. The highest BCUT2D eigenvalue weighted by Gasteiger charge is 2.06. The second-order valence-electron chi connectivity index (χ2n) is 5.50. The fourth-order valence-electron chi connectivity index (χ4n) is 2.24. The molecule has 1 aromatic carbocycles. The molecule has 134 valence electrons. The predicted octanol–water partition coefficient (Wildman–Crippen LogP) is 1.89. The van der Waals surface area contributed by atoms with Crippen LogP contribution >= 0.6 is 0 Å². The van der Waals surface area contributed by atoms with Crippen LogP contribution in [0, 0.1) is 0 Å². The number of hydrogen-bond acceptors (Lipinski definition) is 8. The van der Waals surface area contributed by atoms with Crippen molar-refractivity contribution in [2.24, 2.45) is 0 Å². The normalized spacial score (nSPS) is 10.3. The molecule has 2 aromatic heterocycles. The van der Waals surface area contributed by atoms with Crippen molar-refractivity contribution in [3.8, 4) is 0 Å². The van der Waals surface area contributed by atoms with Crippen molar-refractivity contribution in [1.82, 2.24) is 19.9 Å². The van der Waals surface area contributed by atoms with Gasteiger partial charge in [-0.15, -0.1) is 0 Å². The van der Waals surface area contributed by atoms with E-state index in [-0.39, 0.29) is 6.61 Å². The second-order valence-corrected chi connectivity index (χ2v) is 5.50. The molecule has 0 unspecified atom stereocenters. The molecule has 0 radical (unpaired) electrons. The van der Waals surface area contributed by atoms with Gasteiger partial charge < -0.3 is 21.1 Å². The van der Waals surface area contributed by atoms with E-state index in [9.17, 15) is 0 Å². The van der Waals surface area contributed by atoms with E-state index in [1.165, 1.54) is 0 Å². The number of hydrogen-bond donors (Lipinski definition) is 4. The molecule has 8 nitrogen and oxygen atoms in total. The number of nitrogens with one attached hydrogen (secondary N) is 3. The second kappa shape index (κ2) is 9.28. The average molecular weight is 351 g/mol. The molecule has 2 heterocycles. The highest BCUT2D eigenvalue weighted by molar-refractivity contribution is 5.43. The molecular formula is C18H21N7O. The Morgan fingerprint density at radius 1 is 0.692 bits per heavy atom. The molecule has 0 fully saturated rings. The number of benzene rings is 1.